The van der Waals surface area contributed by atoms with Gasteiger partial charge in [0.25, 0.3) is 5.91 Å². The highest BCUT2D eigenvalue weighted by Crippen LogP contribution is 2.40. The van der Waals surface area contributed by atoms with Crippen molar-refractivity contribution in [3.8, 4) is 0 Å². The van der Waals surface area contributed by atoms with E-state index in [9.17, 15) is 4.79 Å². The first-order valence-electron chi connectivity index (χ1n) is 10.0. The molecule has 4 heteroatoms. The number of benzene rings is 5. The van der Waals surface area contributed by atoms with Crippen molar-refractivity contribution >= 4 is 76.9 Å². The van der Waals surface area contributed by atoms with Gasteiger partial charge in [-0.1, -0.05) is 90.5 Å². The van der Waals surface area contributed by atoms with Crippen molar-refractivity contribution in [2.45, 2.75) is 0 Å². The molecule has 1 N–H and O–H groups in total. The van der Waals surface area contributed by atoms with E-state index in [2.05, 4.69) is 47.8 Å². The summed E-state index contributed by atoms with van der Waals surface area (Å²) >= 11 is 8.07. The van der Waals surface area contributed by atoms with E-state index in [0.717, 1.165) is 31.9 Å². The molecular weight excluding hydrogens is 422 g/mol. The maximum Gasteiger partial charge on any atom is 0.267 e. The highest BCUT2D eigenvalue weighted by molar-refractivity contribution is 7.22. The lowest BCUT2D eigenvalue weighted by Gasteiger charge is -2.08. The van der Waals surface area contributed by atoms with Gasteiger partial charge < -0.3 is 5.32 Å². The lowest BCUT2D eigenvalue weighted by Crippen LogP contribution is -2.10. The van der Waals surface area contributed by atoms with Gasteiger partial charge in [-0.3, -0.25) is 4.79 Å². The zero-order valence-electron chi connectivity index (χ0n) is 16.4. The Bertz CT molecular complexity index is 1650. The highest BCUT2D eigenvalue weighted by Gasteiger charge is 2.19. The molecule has 1 amide bonds. The first-order chi connectivity index (χ1) is 15.2. The fraction of sp³-hybridized carbons (Fsp3) is 0. The number of nitrogens with one attached hydrogen (secondary N) is 1. The Hall–Kier alpha value is -3.40. The topological polar surface area (TPSA) is 29.1 Å². The summed E-state index contributed by atoms with van der Waals surface area (Å²) in [5.74, 6) is -0.185. The minimum Gasteiger partial charge on any atom is -0.321 e. The highest BCUT2D eigenvalue weighted by atomic mass is 35.5. The van der Waals surface area contributed by atoms with Gasteiger partial charge in [0.05, 0.1) is 5.02 Å². The van der Waals surface area contributed by atoms with Crippen LogP contribution in [0.1, 0.15) is 9.67 Å². The molecule has 1 heterocycles. The Morgan fingerprint density at radius 1 is 0.677 bits per heavy atom. The van der Waals surface area contributed by atoms with E-state index in [1.54, 1.807) is 0 Å². The molecule has 0 saturated heterocycles. The predicted molar refractivity (Wildman–Crippen MR) is 134 cm³/mol. The third kappa shape index (κ3) is 2.97. The van der Waals surface area contributed by atoms with Crippen LogP contribution < -0.4 is 5.32 Å². The Labute approximate surface area is 187 Å². The Balaban J connectivity index is 1.40. The second-order valence-electron chi connectivity index (χ2n) is 7.59. The molecule has 2 nitrogen and oxygen atoms in total. The molecule has 31 heavy (non-hydrogen) atoms. The largest absolute Gasteiger partial charge is 0.321 e. The molecular formula is C27H16ClNOS. The molecule has 5 aromatic carbocycles. The molecule has 1 aromatic heterocycles. The third-order valence-corrected chi connectivity index (χ3v) is 7.47. The molecule has 0 atom stereocenters. The van der Waals surface area contributed by atoms with Crippen LogP contribution in [-0.4, -0.2) is 5.91 Å². The fourth-order valence-corrected chi connectivity index (χ4v) is 5.76. The zero-order valence-corrected chi connectivity index (χ0v) is 17.9. The number of amides is 1. The van der Waals surface area contributed by atoms with E-state index in [-0.39, 0.29) is 5.91 Å². The van der Waals surface area contributed by atoms with E-state index in [1.807, 2.05) is 48.5 Å². The smallest absolute Gasteiger partial charge is 0.267 e. The minimum atomic E-state index is -0.185. The van der Waals surface area contributed by atoms with Crippen molar-refractivity contribution in [3.63, 3.8) is 0 Å². The SMILES string of the molecule is O=C(Nc1ccc2c(ccc3ccccc32)c1)c1sc2c(ccc3ccccc32)c1Cl. The number of fused-ring (bicyclic) bond motifs is 6. The van der Waals surface area contributed by atoms with Crippen molar-refractivity contribution in [1.29, 1.82) is 0 Å². The molecule has 6 aromatic rings. The van der Waals surface area contributed by atoms with Crippen molar-refractivity contribution in [2.24, 2.45) is 0 Å². The van der Waals surface area contributed by atoms with Crippen LogP contribution in [0.4, 0.5) is 5.69 Å². The average molecular weight is 438 g/mol. The normalized spacial score (nSPS) is 11.5. The van der Waals surface area contributed by atoms with E-state index in [1.165, 1.54) is 27.5 Å². The number of hydrogen-bond acceptors (Lipinski definition) is 2. The third-order valence-electron chi connectivity index (χ3n) is 5.73. The van der Waals surface area contributed by atoms with Crippen LogP contribution in [-0.2, 0) is 0 Å². The number of carbonyl (C=O) groups is 1. The molecule has 0 bridgehead atoms. The van der Waals surface area contributed by atoms with Crippen molar-refractivity contribution < 1.29 is 4.79 Å². The fourth-order valence-electron chi connectivity index (χ4n) is 4.22. The van der Waals surface area contributed by atoms with Crippen LogP contribution in [0.25, 0.3) is 42.4 Å². The molecule has 6 rings (SSSR count). The van der Waals surface area contributed by atoms with Crippen molar-refractivity contribution in [1.82, 2.24) is 0 Å². The summed E-state index contributed by atoms with van der Waals surface area (Å²) in [6, 6.07) is 30.7. The molecule has 0 aliphatic carbocycles. The summed E-state index contributed by atoms with van der Waals surface area (Å²) in [6.07, 6.45) is 0. The van der Waals surface area contributed by atoms with Gasteiger partial charge in [-0.2, -0.15) is 0 Å². The second-order valence-corrected chi connectivity index (χ2v) is 8.98. The molecule has 0 spiro atoms. The maximum atomic E-state index is 13.1. The zero-order chi connectivity index (χ0) is 20.9. The molecule has 0 aliphatic rings. The van der Waals surface area contributed by atoms with Crippen molar-refractivity contribution in [2.75, 3.05) is 5.32 Å². The van der Waals surface area contributed by atoms with Crippen LogP contribution >= 0.6 is 22.9 Å². The first-order valence-corrected chi connectivity index (χ1v) is 11.2. The van der Waals surface area contributed by atoms with Crippen LogP contribution in [0.3, 0.4) is 0 Å². The average Bonchev–Trinajstić information content (AvgIpc) is 3.16. The van der Waals surface area contributed by atoms with Gasteiger partial charge in [0.2, 0.25) is 0 Å². The predicted octanol–water partition coefficient (Wildman–Crippen LogP) is 8.27. The Kier molecular flexibility index (Phi) is 4.20. The van der Waals surface area contributed by atoms with Gasteiger partial charge in [0.15, 0.2) is 0 Å². The van der Waals surface area contributed by atoms with Crippen LogP contribution in [0, 0.1) is 0 Å². The summed E-state index contributed by atoms with van der Waals surface area (Å²) in [5, 5.41) is 11.4. The Morgan fingerprint density at radius 2 is 1.29 bits per heavy atom. The molecule has 0 unspecified atom stereocenters. The Morgan fingerprint density at radius 3 is 2.13 bits per heavy atom. The number of anilines is 1. The first kappa shape index (κ1) is 18.4. The molecule has 148 valence electrons. The number of rotatable bonds is 2. The summed E-state index contributed by atoms with van der Waals surface area (Å²) in [5.41, 5.74) is 0.756. The van der Waals surface area contributed by atoms with E-state index < -0.39 is 0 Å². The summed E-state index contributed by atoms with van der Waals surface area (Å²) in [4.78, 5) is 13.6. The lowest BCUT2D eigenvalue weighted by molar-refractivity contribution is 0.103. The number of halogens is 1. The maximum absolute atomic E-state index is 13.1. The van der Waals surface area contributed by atoms with Crippen LogP contribution in [0.15, 0.2) is 91.0 Å². The quantitative estimate of drug-likeness (QED) is 0.271. The van der Waals surface area contributed by atoms with Gasteiger partial charge in [-0.25, -0.2) is 0 Å². The van der Waals surface area contributed by atoms with Gasteiger partial charge in [-0.15, -0.1) is 11.3 Å². The second kappa shape index (κ2) is 7.09. The van der Waals surface area contributed by atoms with Gasteiger partial charge in [0.1, 0.15) is 4.88 Å². The van der Waals surface area contributed by atoms with Gasteiger partial charge in [-0.05, 0) is 44.5 Å². The summed E-state index contributed by atoms with van der Waals surface area (Å²) in [7, 11) is 0. The molecule has 0 radical (unpaired) electrons. The van der Waals surface area contributed by atoms with Gasteiger partial charge in [0, 0.05) is 15.8 Å². The molecule has 0 fully saturated rings. The summed E-state index contributed by atoms with van der Waals surface area (Å²) < 4.78 is 1.04. The number of thiophene rings is 1. The lowest BCUT2D eigenvalue weighted by atomic mass is 10.0. The van der Waals surface area contributed by atoms with Crippen LogP contribution in [0.2, 0.25) is 5.02 Å². The van der Waals surface area contributed by atoms with Crippen LogP contribution in [0.5, 0.6) is 0 Å². The summed E-state index contributed by atoms with van der Waals surface area (Å²) in [6.45, 7) is 0. The monoisotopic (exact) mass is 437 g/mol. The van der Waals surface area contributed by atoms with Gasteiger partial charge >= 0.3 is 0 Å². The molecule has 0 saturated carbocycles. The minimum absolute atomic E-state index is 0.185. The molecule has 0 aliphatic heterocycles. The van der Waals surface area contributed by atoms with Crippen molar-refractivity contribution in [3.05, 3.63) is 101 Å². The standard InChI is InChI=1S/C27H16ClNOS/c28-24-23-13-11-17-6-2-4-8-22(17)25(23)31-26(24)27(30)29-19-12-14-21-18(15-19)10-9-16-5-1-3-7-20(16)21/h1-15H,(H,29,30). The number of hydrogen-bond donors (Lipinski definition) is 1. The number of carbonyl (C=O) groups excluding carboxylic acids is 1. The van der Waals surface area contributed by atoms with E-state index in [0.29, 0.717) is 9.90 Å². The van der Waals surface area contributed by atoms with E-state index in [4.69, 9.17) is 11.6 Å². The van der Waals surface area contributed by atoms with E-state index >= 15 is 0 Å².